The van der Waals surface area contributed by atoms with Crippen LogP contribution in [0, 0.1) is 0 Å². The number of furan rings is 2. The van der Waals surface area contributed by atoms with Crippen LogP contribution in [-0.2, 0) is 23.7 Å². The van der Waals surface area contributed by atoms with Crippen molar-refractivity contribution in [3.63, 3.8) is 0 Å². The lowest BCUT2D eigenvalue weighted by Gasteiger charge is -2.18. The molecule has 0 aromatic carbocycles. The average molecular weight is 601 g/mol. The zero-order valence-corrected chi connectivity index (χ0v) is 21.2. The van der Waals surface area contributed by atoms with Crippen molar-refractivity contribution in [1.82, 2.24) is 9.97 Å². The Labute approximate surface area is 210 Å². The number of aromatic nitrogens is 2. The summed E-state index contributed by atoms with van der Waals surface area (Å²) >= 11 is 11.6. The molecule has 32 heavy (non-hydrogen) atoms. The summed E-state index contributed by atoms with van der Waals surface area (Å²) < 4.78 is 10.8. The highest BCUT2D eigenvalue weighted by atomic mass is 127. The second-order valence-electron chi connectivity index (χ2n) is 7.30. The third-order valence-corrected chi connectivity index (χ3v) is 4.41. The van der Waals surface area contributed by atoms with Crippen molar-refractivity contribution in [2.75, 3.05) is 0 Å². The van der Waals surface area contributed by atoms with E-state index in [9.17, 15) is 0 Å². The molecular formula is C20H23Cl2IN2O7. The largest absolute Gasteiger partial charge is 0.457 e. The van der Waals surface area contributed by atoms with E-state index in [1.165, 1.54) is 0 Å². The van der Waals surface area contributed by atoms with Crippen LogP contribution in [0.15, 0.2) is 39.2 Å². The van der Waals surface area contributed by atoms with Crippen molar-refractivity contribution < 1.29 is 34.6 Å². The van der Waals surface area contributed by atoms with Gasteiger partial charge in [0.05, 0.1) is 0 Å². The fourth-order valence-corrected chi connectivity index (χ4v) is 3.06. The lowest BCUT2D eigenvalue weighted by Crippen LogP contribution is -2.11. The van der Waals surface area contributed by atoms with E-state index in [1.54, 1.807) is 24.3 Å². The number of hydrogen-bond donors (Lipinski definition) is 4. The molecule has 0 saturated heterocycles. The molecule has 4 N–H and O–H groups in total. The molecule has 0 amide bonds. The van der Waals surface area contributed by atoms with Gasteiger partial charge in [-0.1, -0.05) is 49.0 Å². The van der Waals surface area contributed by atoms with Gasteiger partial charge in [0.15, 0.2) is 11.2 Å². The van der Waals surface area contributed by atoms with Crippen molar-refractivity contribution >= 4 is 69.4 Å². The first-order valence-corrected chi connectivity index (χ1v) is 9.69. The summed E-state index contributed by atoms with van der Waals surface area (Å²) in [6, 6.07) is 8.57. The summed E-state index contributed by atoms with van der Waals surface area (Å²) in [5.74, 6) is 1.01. The molecule has 0 unspecified atom stereocenters. The zero-order chi connectivity index (χ0) is 23.2. The highest BCUT2D eigenvalue weighted by Crippen LogP contribution is 2.32. The van der Waals surface area contributed by atoms with Gasteiger partial charge in [-0.05, 0) is 23.6 Å². The lowest BCUT2D eigenvalue weighted by atomic mass is 9.87. The van der Waals surface area contributed by atoms with Crippen LogP contribution < -0.4 is 0 Å². The Morgan fingerprint density at radius 3 is 1.97 bits per heavy atom. The summed E-state index contributed by atoms with van der Waals surface area (Å²) in [5, 5.41) is 34.2. The number of hydrogen-bond acceptors (Lipinski definition) is 9. The molecule has 9 nitrogen and oxygen atoms in total. The number of aliphatic hydroxyl groups excluding tert-OH is 2. The molecule has 12 heteroatoms. The highest BCUT2D eigenvalue weighted by molar-refractivity contribution is 14.0. The van der Waals surface area contributed by atoms with Crippen LogP contribution in [0.25, 0.3) is 22.2 Å². The SMILES string of the molecule is CC(C)(C)c1cc(Cl)nc2cc(CO)oc12.I.OCc1cc2nc(Cl)ccc2o1.OOO. The molecule has 0 bridgehead atoms. The minimum absolute atomic E-state index is 0. The summed E-state index contributed by atoms with van der Waals surface area (Å²) in [6.45, 7) is 6.00. The van der Waals surface area contributed by atoms with Crippen molar-refractivity contribution in [2.24, 2.45) is 0 Å². The van der Waals surface area contributed by atoms with Crippen LogP contribution in [0.3, 0.4) is 0 Å². The van der Waals surface area contributed by atoms with Gasteiger partial charge in [0.1, 0.15) is 46.1 Å². The maximum Gasteiger partial charge on any atom is 0.156 e. The maximum absolute atomic E-state index is 9.05. The summed E-state index contributed by atoms with van der Waals surface area (Å²) in [5.41, 5.74) is 3.65. The van der Waals surface area contributed by atoms with E-state index < -0.39 is 0 Å². The second kappa shape index (κ2) is 12.7. The monoisotopic (exact) mass is 600 g/mol. The first-order valence-electron chi connectivity index (χ1n) is 8.94. The number of fused-ring (bicyclic) bond motifs is 2. The van der Waals surface area contributed by atoms with Crippen molar-refractivity contribution in [2.45, 2.75) is 39.4 Å². The lowest BCUT2D eigenvalue weighted by molar-refractivity contribution is -0.465. The molecule has 0 radical (unpaired) electrons. The van der Waals surface area contributed by atoms with Crippen molar-refractivity contribution in [3.05, 3.63) is 57.7 Å². The Morgan fingerprint density at radius 1 is 0.875 bits per heavy atom. The Bertz CT molecular complexity index is 1140. The smallest absolute Gasteiger partial charge is 0.156 e. The van der Waals surface area contributed by atoms with E-state index >= 15 is 0 Å². The Hall–Kier alpha value is -1.51. The minimum atomic E-state index is -0.127. The Balaban J connectivity index is 0.000000285. The maximum atomic E-state index is 9.05. The van der Waals surface area contributed by atoms with Gasteiger partial charge in [0.2, 0.25) is 0 Å². The standard InChI is InChI=1S/C12H14ClNO2.C8H6ClNO2.HI.H2O3/c1-12(2,3)8-5-10(13)14-9-4-7(6-15)16-11(8)9;9-8-2-1-7-6(10-8)3-5(4-11)12-7;;1-3-2/h4-5,15H,6H2,1-3H3;1-3,11H,4H2;1H;1-2H. The Kier molecular flexibility index (Phi) is 11.3. The van der Waals surface area contributed by atoms with Crippen molar-refractivity contribution in [3.8, 4) is 0 Å². The van der Waals surface area contributed by atoms with E-state index in [0.717, 1.165) is 5.56 Å². The van der Waals surface area contributed by atoms with E-state index in [2.05, 4.69) is 35.8 Å². The van der Waals surface area contributed by atoms with Gasteiger partial charge in [-0.15, -0.1) is 24.0 Å². The molecule has 4 aromatic heterocycles. The molecule has 0 aliphatic rings. The molecule has 4 rings (SSSR count). The third-order valence-electron chi connectivity index (χ3n) is 4.01. The third kappa shape index (κ3) is 7.52. The van der Waals surface area contributed by atoms with Crippen LogP contribution in [0.5, 0.6) is 0 Å². The van der Waals surface area contributed by atoms with Crippen molar-refractivity contribution in [1.29, 1.82) is 0 Å². The highest BCUT2D eigenvalue weighted by Gasteiger charge is 2.21. The molecule has 4 aromatic rings. The summed E-state index contributed by atoms with van der Waals surface area (Å²) in [4.78, 5) is 8.18. The summed E-state index contributed by atoms with van der Waals surface area (Å²) in [7, 11) is 0. The predicted octanol–water partition coefficient (Wildman–Crippen LogP) is 5.81. The fraction of sp³-hybridized carbons (Fsp3) is 0.300. The number of nitrogens with zero attached hydrogens (tertiary/aromatic N) is 2. The van der Waals surface area contributed by atoms with Gasteiger partial charge in [-0.2, -0.15) is 0 Å². The number of rotatable bonds is 2. The Morgan fingerprint density at radius 2 is 1.41 bits per heavy atom. The number of halogens is 3. The molecule has 0 spiro atoms. The first-order chi connectivity index (χ1) is 14.6. The zero-order valence-electron chi connectivity index (χ0n) is 17.4. The van der Waals surface area contributed by atoms with E-state index in [-0.39, 0.29) is 42.6 Å². The molecule has 0 fully saturated rings. The van der Waals surface area contributed by atoms with E-state index in [4.69, 9.17) is 52.8 Å². The number of pyridine rings is 2. The van der Waals surface area contributed by atoms with Crippen LogP contribution in [-0.4, -0.2) is 30.7 Å². The fourth-order valence-electron chi connectivity index (χ4n) is 2.70. The first kappa shape index (κ1) is 28.5. The molecule has 0 atom stereocenters. The predicted molar refractivity (Wildman–Crippen MR) is 130 cm³/mol. The van der Waals surface area contributed by atoms with Crippen LogP contribution >= 0.6 is 47.2 Å². The molecule has 0 aliphatic carbocycles. The molecular weight excluding hydrogens is 578 g/mol. The van der Waals surface area contributed by atoms with Crippen LogP contribution in [0.1, 0.15) is 37.9 Å². The summed E-state index contributed by atoms with van der Waals surface area (Å²) in [6.07, 6.45) is 0. The van der Waals surface area contributed by atoms with Gasteiger partial charge in [0.25, 0.3) is 0 Å². The van der Waals surface area contributed by atoms with Crippen LogP contribution in [0.2, 0.25) is 10.3 Å². The molecule has 176 valence electrons. The van der Waals surface area contributed by atoms with Gasteiger partial charge < -0.3 is 19.0 Å². The number of aliphatic hydroxyl groups is 2. The van der Waals surface area contributed by atoms with E-state index in [1.807, 2.05) is 6.07 Å². The molecule has 0 saturated carbocycles. The van der Waals surface area contributed by atoms with Gasteiger partial charge in [0, 0.05) is 17.7 Å². The molecule has 0 aliphatic heterocycles. The minimum Gasteiger partial charge on any atom is -0.457 e. The van der Waals surface area contributed by atoms with E-state index in [0.29, 0.717) is 44.0 Å². The topological polar surface area (TPSA) is 142 Å². The van der Waals surface area contributed by atoms with Gasteiger partial charge in [-0.3, -0.25) is 0 Å². The van der Waals surface area contributed by atoms with Gasteiger partial charge >= 0.3 is 0 Å². The normalized spacial score (nSPS) is 10.8. The average Bonchev–Trinajstić information content (AvgIpc) is 3.30. The quantitative estimate of drug-likeness (QED) is 0.0969. The van der Waals surface area contributed by atoms with Gasteiger partial charge in [-0.25, -0.2) is 20.5 Å². The molecule has 4 heterocycles. The van der Waals surface area contributed by atoms with Crippen LogP contribution in [0.4, 0.5) is 0 Å². The second-order valence-corrected chi connectivity index (χ2v) is 8.07.